The number of nitrogens with one attached hydrogen (secondary N) is 1. The van der Waals surface area contributed by atoms with Crippen molar-refractivity contribution in [2.45, 2.75) is 39.2 Å². The molecule has 6 heteroatoms. The van der Waals surface area contributed by atoms with Crippen LogP contribution >= 0.6 is 11.3 Å². The lowest BCUT2D eigenvalue weighted by molar-refractivity contribution is 0.233. The van der Waals surface area contributed by atoms with E-state index >= 15 is 0 Å². The molecule has 0 amide bonds. The van der Waals surface area contributed by atoms with Crippen LogP contribution in [0.4, 0.5) is 0 Å². The van der Waals surface area contributed by atoms with Crippen molar-refractivity contribution in [3.05, 3.63) is 16.1 Å². The molecule has 0 radical (unpaired) electrons. The number of likely N-dealkylation sites (N-methyl/N-ethyl adjacent to an activating group) is 2. The van der Waals surface area contributed by atoms with Crippen molar-refractivity contribution in [2.75, 3.05) is 40.3 Å². The highest BCUT2D eigenvalue weighted by Crippen LogP contribution is 2.17. The largest absolute Gasteiger partial charge is 0.356 e. The molecule has 124 valence electrons. The predicted molar refractivity (Wildman–Crippen MR) is 94.8 cm³/mol. The van der Waals surface area contributed by atoms with E-state index < -0.39 is 0 Å². The Morgan fingerprint density at radius 3 is 3.05 bits per heavy atom. The summed E-state index contributed by atoms with van der Waals surface area (Å²) < 4.78 is 0. The van der Waals surface area contributed by atoms with Crippen LogP contribution < -0.4 is 5.32 Å². The van der Waals surface area contributed by atoms with Gasteiger partial charge in [0.05, 0.1) is 5.01 Å². The maximum absolute atomic E-state index is 4.41. The standard InChI is InChI=1S/C16H29N5S/c1-5-21-10-6-7-14(21)12-20(4)16(17-3)18-9-8-15-19-11-13(2)22-15/h11,14H,5-10,12H2,1-4H3,(H,17,18). The van der Waals surface area contributed by atoms with Gasteiger partial charge in [0.1, 0.15) is 0 Å². The first-order valence-corrected chi connectivity index (χ1v) is 9.02. The Balaban J connectivity index is 1.78. The van der Waals surface area contributed by atoms with E-state index in [4.69, 9.17) is 0 Å². The minimum absolute atomic E-state index is 0.662. The fourth-order valence-corrected chi connectivity index (χ4v) is 3.89. The van der Waals surface area contributed by atoms with E-state index in [0.717, 1.165) is 32.0 Å². The lowest BCUT2D eigenvalue weighted by Crippen LogP contribution is -2.46. The van der Waals surface area contributed by atoms with Crippen LogP contribution in [0.1, 0.15) is 29.7 Å². The molecule has 5 nitrogen and oxygen atoms in total. The molecule has 0 saturated carbocycles. The van der Waals surface area contributed by atoms with E-state index in [1.807, 2.05) is 13.2 Å². The van der Waals surface area contributed by atoms with Gasteiger partial charge in [-0.2, -0.15) is 0 Å². The van der Waals surface area contributed by atoms with E-state index in [-0.39, 0.29) is 0 Å². The third-order valence-corrected chi connectivity index (χ3v) is 5.23. The quantitative estimate of drug-likeness (QED) is 0.642. The summed E-state index contributed by atoms with van der Waals surface area (Å²) in [6.07, 6.45) is 5.52. The molecule has 1 N–H and O–H groups in total. The van der Waals surface area contributed by atoms with Gasteiger partial charge in [0.2, 0.25) is 0 Å². The molecule has 1 aliphatic heterocycles. The third-order valence-electron chi connectivity index (χ3n) is 4.25. The lowest BCUT2D eigenvalue weighted by atomic mass is 10.2. The van der Waals surface area contributed by atoms with Gasteiger partial charge in [0.15, 0.2) is 5.96 Å². The maximum atomic E-state index is 4.41. The third kappa shape index (κ3) is 4.68. The number of aromatic nitrogens is 1. The lowest BCUT2D eigenvalue weighted by Gasteiger charge is -2.29. The zero-order chi connectivity index (χ0) is 15.9. The average Bonchev–Trinajstić information content (AvgIpc) is 3.12. The van der Waals surface area contributed by atoms with Crippen LogP contribution in [0.3, 0.4) is 0 Å². The van der Waals surface area contributed by atoms with E-state index in [1.165, 1.54) is 29.3 Å². The molecule has 1 aromatic rings. The molecule has 1 atom stereocenters. The first-order valence-electron chi connectivity index (χ1n) is 8.21. The molecule has 1 aromatic heterocycles. The summed E-state index contributed by atoms with van der Waals surface area (Å²) in [6, 6.07) is 0.662. The highest BCUT2D eigenvalue weighted by Gasteiger charge is 2.24. The molecular formula is C16H29N5S. The summed E-state index contributed by atoms with van der Waals surface area (Å²) in [4.78, 5) is 14.9. The van der Waals surface area contributed by atoms with Gasteiger partial charge in [0, 0.05) is 50.7 Å². The van der Waals surface area contributed by atoms with Crippen molar-refractivity contribution in [1.82, 2.24) is 20.1 Å². The Morgan fingerprint density at radius 1 is 1.59 bits per heavy atom. The van der Waals surface area contributed by atoms with Crippen LogP contribution in [0.5, 0.6) is 0 Å². The van der Waals surface area contributed by atoms with Crippen molar-refractivity contribution in [3.8, 4) is 0 Å². The number of hydrogen-bond donors (Lipinski definition) is 1. The van der Waals surface area contributed by atoms with E-state index in [9.17, 15) is 0 Å². The summed E-state index contributed by atoms with van der Waals surface area (Å²) in [5.41, 5.74) is 0. The van der Waals surface area contributed by atoms with E-state index in [1.54, 1.807) is 11.3 Å². The first kappa shape index (κ1) is 17.2. The normalized spacial score (nSPS) is 19.6. The van der Waals surface area contributed by atoms with E-state index in [0.29, 0.717) is 6.04 Å². The van der Waals surface area contributed by atoms with Gasteiger partial charge in [-0.05, 0) is 32.9 Å². The predicted octanol–water partition coefficient (Wildman–Crippen LogP) is 1.99. The van der Waals surface area contributed by atoms with Gasteiger partial charge in [-0.3, -0.25) is 9.89 Å². The van der Waals surface area contributed by atoms with Gasteiger partial charge in [-0.1, -0.05) is 6.92 Å². The van der Waals surface area contributed by atoms with Crippen LogP contribution in [-0.4, -0.2) is 67.1 Å². The first-order chi connectivity index (χ1) is 10.6. The highest BCUT2D eigenvalue weighted by atomic mass is 32.1. The number of aryl methyl sites for hydroxylation is 1. The zero-order valence-electron chi connectivity index (χ0n) is 14.3. The number of nitrogens with zero attached hydrogens (tertiary/aromatic N) is 4. The smallest absolute Gasteiger partial charge is 0.193 e. The second kappa shape index (κ2) is 8.48. The van der Waals surface area contributed by atoms with Crippen molar-refractivity contribution in [1.29, 1.82) is 0 Å². The Bertz CT molecular complexity index is 485. The highest BCUT2D eigenvalue weighted by molar-refractivity contribution is 7.11. The molecule has 2 rings (SSSR count). The molecule has 0 aliphatic carbocycles. The Kier molecular flexibility index (Phi) is 6.64. The summed E-state index contributed by atoms with van der Waals surface area (Å²) >= 11 is 1.77. The van der Waals surface area contributed by atoms with Crippen LogP contribution in [0.25, 0.3) is 0 Å². The van der Waals surface area contributed by atoms with Crippen molar-refractivity contribution < 1.29 is 0 Å². The number of hydrogen-bond acceptors (Lipinski definition) is 4. The number of thiazole rings is 1. The monoisotopic (exact) mass is 323 g/mol. The van der Waals surface area contributed by atoms with Crippen LogP contribution in [-0.2, 0) is 6.42 Å². The van der Waals surface area contributed by atoms with Crippen LogP contribution in [0.15, 0.2) is 11.2 Å². The Labute approximate surface area is 138 Å². The maximum Gasteiger partial charge on any atom is 0.193 e. The topological polar surface area (TPSA) is 43.8 Å². The number of guanidine groups is 1. The minimum atomic E-state index is 0.662. The number of rotatable bonds is 6. The second-order valence-corrected chi connectivity index (χ2v) is 7.21. The molecule has 0 bridgehead atoms. The SMILES string of the molecule is CCN1CCCC1CN(C)C(=NC)NCCc1ncc(C)s1. The Morgan fingerprint density at radius 2 is 2.41 bits per heavy atom. The van der Waals surface area contributed by atoms with Crippen molar-refractivity contribution in [3.63, 3.8) is 0 Å². The van der Waals surface area contributed by atoms with E-state index in [2.05, 4.69) is 46.0 Å². The van der Waals surface area contributed by atoms with Crippen molar-refractivity contribution >= 4 is 17.3 Å². The minimum Gasteiger partial charge on any atom is -0.356 e. The molecule has 0 spiro atoms. The summed E-state index contributed by atoms with van der Waals surface area (Å²) in [5.74, 6) is 0.983. The molecule has 2 heterocycles. The van der Waals surface area contributed by atoms with Gasteiger partial charge < -0.3 is 10.2 Å². The molecule has 1 saturated heterocycles. The summed E-state index contributed by atoms with van der Waals surface area (Å²) in [7, 11) is 3.99. The summed E-state index contributed by atoms with van der Waals surface area (Å²) in [6.45, 7) is 8.66. The molecular weight excluding hydrogens is 294 g/mol. The van der Waals surface area contributed by atoms with Crippen LogP contribution in [0.2, 0.25) is 0 Å². The van der Waals surface area contributed by atoms with Crippen LogP contribution in [0, 0.1) is 6.92 Å². The molecule has 1 fully saturated rings. The number of aliphatic imine (C=N–C) groups is 1. The Hall–Kier alpha value is -1.14. The molecule has 0 aromatic carbocycles. The second-order valence-electron chi connectivity index (χ2n) is 5.89. The van der Waals surface area contributed by atoms with Crippen molar-refractivity contribution in [2.24, 2.45) is 4.99 Å². The van der Waals surface area contributed by atoms with Gasteiger partial charge in [0.25, 0.3) is 0 Å². The fourth-order valence-electron chi connectivity index (χ4n) is 3.10. The van der Waals surface area contributed by atoms with Gasteiger partial charge in [-0.15, -0.1) is 11.3 Å². The van der Waals surface area contributed by atoms with Gasteiger partial charge >= 0.3 is 0 Å². The summed E-state index contributed by atoms with van der Waals surface area (Å²) in [5, 5.41) is 4.65. The zero-order valence-corrected chi connectivity index (χ0v) is 15.1. The molecule has 1 aliphatic rings. The average molecular weight is 324 g/mol. The molecule has 22 heavy (non-hydrogen) atoms. The molecule has 1 unspecified atom stereocenters. The van der Waals surface area contributed by atoms with Gasteiger partial charge in [-0.25, -0.2) is 4.98 Å². The number of likely N-dealkylation sites (tertiary alicyclic amines) is 1. The fraction of sp³-hybridized carbons (Fsp3) is 0.750.